The molecule has 1 rings (SSSR count). The molecule has 5 nitrogen and oxygen atoms in total. The van der Waals surface area contributed by atoms with Crippen LogP contribution in [0.1, 0.15) is 26.5 Å². The molecule has 0 aliphatic heterocycles. The fourth-order valence-corrected chi connectivity index (χ4v) is 1.40. The smallest absolute Gasteiger partial charge is 0.258 e. The van der Waals surface area contributed by atoms with Gasteiger partial charge in [0.25, 0.3) is 5.91 Å². The molecule has 0 fully saturated rings. The molecule has 106 valence electrons. The molecule has 5 heteroatoms. The summed E-state index contributed by atoms with van der Waals surface area (Å²) in [6.07, 6.45) is 2.36. The topological polar surface area (TPSA) is 77.2 Å². The number of pyridine rings is 1. The number of hydrogen-bond acceptors (Lipinski definition) is 4. The van der Waals surface area contributed by atoms with E-state index < -0.39 is 0 Å². The molecule has 3 N–H and O–H groups in total. The zero-order valence-corrected chi connectivity index (χ0v) is 11.8. The van der Waals surface area contributed by atoms with Crippen molar-refractivity contribution in [2.45, 2.75) is 33.2 Å². The molecule has 19 heavy (non-hydrogen) atoms. The lowest BCUT2D eigenvalue weighted by molar-refractivity contribution is -0.124. The summed E-state index contributed by atoms with van der Waals surface area (Å²) in [6, 6.07) is 3.80. The molecule has 0 aliphatic carbocycles. The Bertz CT molecular complexity index is 390. The van der Waals surface area contributed by atoms with Crippen LogP contribution < -0.4 is 15.8 Å². The van der Waals surface area contributed by atoms with E-state index in [-0.39, 0.29) is 18.6 Å². The van der Waals surface area contributed by atoms with Gasteiger partial charge in [0.2, 0.25) is 0 Å². The molecule has 1 amide bonds. The summed E-state index contributed by atoms with van der Waals surface area (Å²) in [6.45, 7) is 6.68. The first-order chi connectivity index (χ1) is 9.02. The van der Waals surface area contributed by atoms with Gasteiger partial charge < -0.3 is 15.8 Å². The van der Waals surface area contributed by atoms with Crippen LogP contribution in [-0.2, 0) is 11.2 Å². The van der Waals surface area contributed by atoms with Crippen LogP contribution in [0, 0.1) is 5.92 Å². The lowest BCUT2D eigenvalue weighted by Crippen LogP contribution is -2.38. The average Bonchev–Trinajstić information content (AvgIpc) is 2.38. The van der Waals surface area contributed by atoms with Crippen molar-refractivity contribution in [3.8, 4) is 5.75 Å². The maximum Gasteiger partial charge on any atom is 0.258 e. The monoisotopic (exact) mass is 265 g/mol. The highest BCUT2D eigenvalue weighted by Gasteiger charge is 2.11. The van der Waals surface area contributed by atoms with E-state index in [9.17, 15) is 4.79 Å². The lowest BCUT2D eigenvalue weighted by Gasteiger charge is -2.17. The van der Waals surface area contributed by atoms with Crippen LogP contribution in [-0.4, -0.2) is 30.1 Å². The zero-order chi connectivity index (χ0) is 14.3. The molecule has 1 unspecified atom stereocenters. The van der Waals surface area contributed by atoms with Crippen molar-refractivity contribution in [1.29, 1.82) is 0 Å². The van der Waals surface area contributed by atoms with Gasteiger partial charge in [0, 0.05) is 18.2 Å². The zero-order valence-electron chi connectivity index (χ0n) is 11.8. The van der Waals surface area contributed by atoms with E-state index in [2.05, 4.69) is 24.1 Å². The minimum absolute atomic E-state index is 0.00890. The number of nitrogens with one attached hydrogen (secondary N) is 1. The summed E-state index contributed by atoms with van der Waals surface area (Å²) in [4.78, 5) is 15.8. The molecule has 1 aromatic heterocycles. The predicted molar refractivity (Wildman–Crippen MR) is 74.9 cm³/mol. The molecule has 1 aromatic rings. The van der Waals surface area contributed by atoms with Gasteiger partial charge in [-0.1, -0.05) is 13.8 Å². The number of nitrogens with two attached hydrogens (primary N) is 1. The quantitative estimate of drug-likeness (QED) is 0.774. The molecule has 0 aliphatic rings. The van der Waals surface area contributed by atoms with Crippen molar-refractivity contribution in [2.24, 2.45) is 11.7 Å². The highest BCUT2D eigenvalue weighted by atomic mass is 16.5. The number of aromatic nitrogens is 1. The van der Waals surface area contributed by atoms with Crippen LogP contribution >= 0.6 is 0 Å². The lowest BCUT2D eigenvalue weighted by atomic mass is 10.1. The molecule has 1 atom stereocenters. The van der Waals surface area contributed by atoms with Gasteiger partial charge >= 0.3 is 0 Å². The minimum Gasteiger partial charge on any atom is -0.482 e. The summed E-state index contributed by atoms with van der Waals surface area (Å²) >= 11 is 0. The molecule has 0 spiro atoms. The first-order valence-corrected chi connectivity index (χ1v) is 6.60. The van der Waals surface area contributed by atoms with Gasteiger partial charge in [-0.05, 0) is 31.5 Å². The second-order valence-electron chi connectivity index (χ2n) is 4.91. The first-order valence-electron chi connectivity index (χ1n) is 6.60. The molecule has 0 radical (unpaired) electrons. The number of amides is 1. The molecule has 0 bridgehead atoms. The van der Waals surface area contributed by atoms with Crippen LogP contribution in [0.3, 0.4) is 0 Å². The maximum absolute atomic E-state index is 11.6. The van der Waals surface area contributed by atoms with E-state index in [0.29, 0.717) is 18.2 Å². The van der Waals surface area contributed by atoms with Crippen molar-refractivity contribution in [3.05, 3.63) is 24.0 Å². The Hall–Kier alpha value is -1.62. The van der Waals surface area contributed by atoms with Crippen LogP contribution in [0.25, 0.3) is 0 Å². The van der Waals surface area contributed by atoms with Crippen molar-refractivity contribution < 1.29 is 9.53 Å². The van der Waals surface area contributed by atoms with Gasteiger partial charge in [0.1, 0.15) is 5.75 Å². The van der Waals surface area contributed by atoms with Crippen LogP contribution in [0.2, 0.25) is 0 Å². The number of rotatable bonds is 7. The number of carbonyl (C=O) groups excluding carboxylic acids is 1. The van der Waals surface area contributed by atoms with E-state index in [1.165, 1.54) is 0 Å². The van der Waals surface area contributed by atoms with Gasteiger partial charge in [0.05, 0.1) is 6.20 Å². The number of ether oxygens (including phenoxy) is 1. The van der Waals surface area contributed by atoms with Crippen molar-refractivity contribution in [3.63, 3.8) is 0 Å². The average molecular weight is 265 g/mol. The largest absolute Gasteiger partial charge is 0.482 e. The second kappa shape index (κ2) is 7.74. The van der Waals surface area contributed by atoms with Gasteiger partial charge in [0.15, 0.2) is 6.61 Å². The Kier molecular flexibility index (Phi) is 6.29. The Balaban J connectivity index is 2.37. The first kappa shape index (κ1) is 15.4. The molecular weight excluding hydrogens is 242 g/mol. The van der Waals surface area contributed by atoms with Gasteiger partial charge in [-0.3, -0.25) is 9.78 Å². The third kappa shape index (κ3) is 5.70. The van der Waals surface area contributed by atoms with Crippen LogP contribution in [0.15, 0.2) is 18.3 Å². The Morgan fingerprint density at radius 1 is 1.42 bits per heavy atom. The van der Waals surface area contributed by atoms with Crippen LogP contribution in [0.4, 0.5) is 0 Å². The third-order valence-electron chi connectivity index (χ3n) is 2.96. The molecule has 0 aromatic carbocycles. The summed E-state index contributed by atoms with van der Waals surface area (Å²) < 4.78 is 5.38. The molecule has 0 saturated heterocycles. The van der Waals surface area contributed by atoms with Crippen LogP contribution in [0.5, 0.6) is 5.75 Å². The summed E-state index contributed by atoms with van der Waals surface area (Å²) in [5.41, 5.74) is 6.37. The fourth-order valence-electron chi connectivity index (χ4n) is 1.40. The highest BCUT2D eigenvalue weighted by molar-refractivity contribution is 5.77. The number of carbonyl (C=O) groups is 1. The Labute approximate surface area is 114 Å². The van der Waals surface area contributed by atoms with E-state index in [0.717, 1.165) is 12.1 Å². The number of nitrogens with zero attached hydrogens (tertiary/aromatic N) is 1. The van der Waals surface area contributed by atoms with Gasteiger partial charge in [-0.2, -0.15) is 0 Å². The SMILES string of the molecule is CC(C)C(C)NC(=O)COc1ccc(CCN)nc1. The number of hydrogen-bond donors (Lipinski definition) is 2. The molecular formula is C14H23N3O2. The Morgan fingerprint density at radius 3 is 2.68 bits per heavy atom. The highest BCUT2D eigenvalue weighted by Crippen LogP contribution is 2.09. The minimum atomic E-state index is -0.118. The van der Waals surface area contributed by atoms with E-state index >= 15 is 0 Å². The summed E-state index contributed by atoms with van der Waals surface area (Å²) in [5, 5.41) is 2.88. The van der Waals surface area contributed by atoms with Crippen molar-refractivity contribution >= 4 is 5.91 Å². The van der Waals surface area contributed by atoms with Crippen molar-refractivity contribution in [2.75, 3.05) is 13.2 Å². The fraction of sp³-hybridized carbons (Fsp3) is 0.571. The standard InChI is InChI=1S/C14H23N3O2/c1-10(2)11(3)17-14(18)9-19-13-5-4-12(6-7-15)16-8-13/h4-5,8,10-11H,6-7,9,15H2,1-3H3,(H,17,18). The van der Waals surface area contributed by atoms with E-state index in [1.54, 1.807) is 12.3 Å². The Morgan fingerprint density at radius 2 is 2.16 bits per heavy atom. The summed E-state index contributed by atoms with van der Waals surface area (Å²) in [7, 11) is 0. The van der Waals surface area contributed by atoms with E-state index in [1.807, 2.05) is 13.0 Å². The third-order valence-corrected chi connectivity index (χ3v) is 2.96. The predicted octanol–water partition coefficient (Wildman–Crippen LogP) is 1.12. The van der Waals surface area contributed by atoms with E-state index in [4.69, 9.17) is 10.5 Å². The second-order valence-corrected chi connectivity index (χ2v) is 4.91. The molecule has 1 heterocycles. The normalized spacial score (nSPS) is 12.3. The molecule has 0 saturated carbocycles. The maximum atomic E-state index is 11.6. The van der Waals surface area contributed by atoms with Gasteiger partial charge in [-0.25, -0.2) is 0 Å². The van der Waals surface area contributed by atoms with Gasteiger partial charge in [-0.15, -0.1) is 0 Å². The summed E-state index contributed by atoms with van der Waals surface area (Å²) in [5.74, 6) is 0.876. The van der Waals surface area contributed by atoms with Crippen molar-refractivity contribution in [1.82, 2.24) is 10.3 Å².